The van der Waals surface area contributed by atoms with Crippen molar-refractivity contribution in [3.05, 3.63) is 93.5 Å². The molecule has 0 saturated carbocycles. The van der Waals surface area contributed by atoms with Crippen LogP contribution >= 0.6 is 11.6 Å². The molecular formula is C24H18ClF3N4O2. The summed E-state index contributed by atoms with van der Waals surface area (Å²) in [6, 6.07) is 12.2. The minimum Gasteiger partial charge on any atom is -0.309 e. The highest BCUT2D eigenvalue weighted by atomic mass is 35.5. The van der Waals surface area contributed by atoms with Crippen LogP contribution in [0, 0.1) is 6.92 Å². The number of nitrogens with zero attached hydrogens (tertiary/aromatic N) is 4. The number of fused-ring (bicyclic) bond motifs is 2. The molecule has 0 N–H and O–H groups in total. The molecule has 10 heteroatoms. The molecule has 5 rings (SSSR count). The lowest BCUT2D eigenvalue weighted by Crippen LogP contribution is -2.58. The summed E-state index contributed by atoms with van der Waals surface area (Å²) in [4.78, 5) is 38.4. The second kappa shape index (κ2) is 7.80. The fraction of sp³-hybridized carbons (Fsp3) is 0.250. The first-order valence-corrected chi connectivity index (χ1v) is 10.9. The van der Waals surface area contributed by atoms with E-state index in [0.717, 1.165) is 12.1 Å². The van der Waals surface area contributed by atoms with Gasteiger partial charge in [-0.2, -0.15) is 13.2 Å². The normalized spacial score (nSPS) is 19.7. The average Bonchev–Trinajstić information content (AvgIpc) is 3.19. The van der Waals surface area contributed by atoms with Gasteiger partial charge >= 0.3 is 6.18 Å². The van der Waals surface area contributed by atoms with Crippen LogP contribution in [0.4, 0.5) is 13.2 Å². The smallest absolute Gasteiger partial charge is 0.309 e. The maximum absolute atomic E-state index is 13.8. The molecule has 2 aromatic heterocycles. The molecule has 2 aliphatic rings. The summed E-state index contributed by atoms with van der Waals surface area (Å²) in [5, 5.41) is 0.492. The highest BCUT2D eigenvalue weighted by Crippen LogP contribution is 2.45. The van der Waals surface area contributed by atoms with E-state index < -0.39 is 23.4 Å². The van der Waals surface area contributed by atoms with Crippen molar-refractivity contribution in [2.45, 2.75) is 25.2 Å². The summed E-state index contributed by atoms with van der Waals surface area (Å²) < 4.78 is 39.3. The summed E-state index contributed by atoms with van der Waals surface area (Å²) in [6.07, 6.45) is -2.80. The number of pyridine rings is 2. The molecule has 3 aromatic rings. The summed E-state index contributed by atoms with van der Waals surface area (Å²) >= 11 is 6.09. The van der Waals surface area contributed by atoms with Gasteiger partial charge < -0.3 is 9.80 Å². The maximum Gasteiger partial charge on any atom is 0.433 e. The average molecular weight is 487 g/mol. The van der Waals surface area contributed by atoms with E-state index in [1.807, 2.05) is 0 Å². The highest BCUT2D eigenvalue weighted by molar-refractivity contribution is 6.30. The lowest BCUT2D eigenvalue weighted by molar-refractivity contribution is -0.141. The van der Waals surface area contributed by atoms with Crippen LogP contribution in [0.1, 0.15) is 43.4 Å². The molecule has 1 atom stereocenters. The number of carbonyl (C=O) groups is 2. The zero-order chi connectivity index (χ0) is 24.3. The molecule has 0 aliphatic carbocycles. The van der Waals surface area contributed by atoms with Crippen LogP contribution in [0.3, 0.4) is 0 Å². The van der Waals surface area contributed by atoms with Crippen LogP contribution in [-0.4, -0.2) is 44.7 Å². The van der Waals surface area contributed by atoms with Crippen LogP contribution in [0.25, 0.3) is 0 Å². The number of hydrogen-bond acceptors (Lipinski definition) is 4. The number of aromatic nitrogens is 2. The van der Waals surface area contributed by atoms with Crippen LogP contribution in [0.2, 0.25) is 5.02 Å². The summed E-state index contributed by atoms with van der Waals surface area (Å²) in [5.41, 5.74) is -0.593. The van der Waals surface area contributed by atoms with Crippen LogP contribution in [0.15, 0.2) is 54.7 Å². The molecule has 1 aromatic carbocycles. The van der Waals surface area contributed by atoms with Crippen molar-refractivity contribution in [2.75, 3.05) is 13.1 Å². The van der Waals surface area contributed by atoms with E-state index in [4.69, 9.17) is 11.6 Å². The van der Waals surface area contributed by atoms with E-state index in [1.54, 1.807) is 47.5 Å². The molecule has 174 valence electrons. The van der Waals surface area contributed by atoms with E-state index >= 15 is 0 Å². The second-order valence-electron chi connectivity index (χ2n) is 8.24. The number of amides is 2. The zero-order valence-corrected chi connectivity index (χ0v) is 18.7. The number of carbonyl (C=O) groups excluding carboxylic acids is 2. The quantitative estimate of drug-likeness (QED) is 0.536. The highest BCUT2D eigenvalue weighted by Gasteiger charge is 2.56. The van der Waals surface area contributed by atoms with Crippen molar-refractivity contribution in [3.8, 4) is 0 Å². The first-order valence-electron chi connectivity index (χ1n) is 10.5. The number of hydrogen-bond donors (Lipinski definition) is 0. The van der Waals surface area contributed by atoms with Gasteiger partial charge in [-0.15, -0.1) is 0 Å². The Morgan fingerprint density at radius 2 is 1.82 bits per heavy atom. The lowest BCUT2D eigenvalue weighted by atomic mass is 9.86. The molecule has 1 unspecified atom stereocenters. The molecule has 1 fully saturated rings. The van der Waals surface area contributed by atoms with Crippen LogP contribution in [-0.2, 0) is 18.3 Å². The number of rotatable bonds is 2. The van der Waals surface area contributed by atoms with Gasteiger partial charge in [0.2, 0.25) is 0 Å². The van der Waals surface area contributed by atoms with Crippen LogP contribution in [0.5, 0.6) is 0 Å². The van der Waals surface area contributed by atoms with Gasteiger partial charge in [-0.05, 0) is 48.9 Å². The van der Waals surface area contributed by atoms with E-state index in [9.17, 15) is 22.8 Å². The molecule has 34 heavy (non-hydrogen) atoms. The van der Waals surface area contributed by atoms with Gasteiger partial charge in [0, 0.05) is 30.7 Å². The van der Waals surface area contributed by atoms with Crippen molar-refractivity contribution >= 4 is 23.4 Å². The fourth-order valence-corrected chi connectivity index (χ4v) is 4.94. The van der Waals surface area contributed by atoms with Gasteiger partial charge in [0.1, 0.15) is 11.4 Å². The van der Waals surface area contributed by atoms with Gasteiger partial charge in [0.15, 0.2) is 0 Å². The molecule has 2 amide bonds. The fourth-order valence-electron chi connectivity index (χ4n) is 4.82. The van der Waals surface area contributed by atoms with Crippen molar-refractivity contribution in [2.24, 2.45) is 0 Å². The molecule has 0 bridgehead atoms. The van der Waals surface area contributed by atoms with Crippen molar-refractivity contribution in [1.82, 2.24) is 19.8 Å². The Labute approximate surface area is 198 Å². The number of alkyl halides is 3. The number of benzene rings is 1. The lowest BCUT2D eigenvalue weighted by Gasteiger charge is -2.47. The van der Waals surface area contributed by atoms with Crippen molar-refractivity contribution in [1.29, 1.82) is 0 Å². The van der Waals surface area contributed by atoms with E-state index in [2.05, 4.69) is 9.97 Å². The third-order valence-electron chi connectivity index (χ3n) is 6.38. The third-order valence-corrected chi connectivity index (χ3v) is 6.63. The van der Waals surface area contributed by atoms with E-state index in [-0.39, 0.29) is 36.7 Å². The van der Waals surface area contributed by atoms with Gasteiger partial charge in [-0.25, -0.2) is 4.98 Å². The Balaban J connectivity index is 1.65. The molecule has 0 spiro atoms. The molecule has 1 saturated heterocycles. The largest absolute Gasteiger partial charge is 0.433 e. The minimum absolute atomic E-state index is 0.0369. The van der Waals surface area contributed by atoms with Gasteiger partial charge in [-0.1, -0.05) is 23.7 Å². The topological polar surface area (TPSA) is 66.4 Å². The number of halogens is 4. The van der Waals surface area contributed by atoms with Crippen molar-refractivity contribution < 1.29 is 22.8 Å². The Bertz CT molecular complexity index is 1310. The Morgan fingerprint density at radius 3 is 2.50 bits per heavy atom. The van der Waals surface area contributed by atoms with Gasteiger partial charge in [-0.3, -0.25) is 14.6 Å². The standard InChI is InChI=1S/C24H18ClF3N4O2/c1-14-17(8-9-20(30-14)24(26,27)28)21(33)31-11-12-32-22(34)18-3-2-10-29-19(18)13-23(31,32)15-4-6-16(25)7-5-15/h2-10H,11-13H2,1H3. The summed E-state index contributed by atoms with van der Waals surface area (Å²) in [6.45, 7) is 1.82. The Morgan fingerprint density at radius 1 is 1.09 bits per heavy atom. The predicted octanol–water partition coefficient (Wildman–Crippen LogP) is 4.46. The first kappa shape index (κ1) is 22.3. The SMILES string of the molecule is Cc1nc(C(F)(F)F)ccc1C(=O)N1CCN2C(=O)c3cccnc3CC12c1ccc(Cl)cc1. The molecule has 0 radical (unpaired) electrons. The molecule has 2 aliphatic heterocycles. The summed E-state index contributed by atoms with van der Waals surface area (Å²) in [7, 11) is 0. The first-order chi connectivity index (χ1) is 16.1. The molecular weight excluding hydrogens is 469 g/mol. The van der Waals surface area contributed by atoms with Crippen molar-refractivity contribution in [3.63, 3.8) is 0 Å². The maximum atomic E-state index is 13.8. The zero-order valence-electron chi connectivity index (χ0n) is 17.9. The second-order valence-corrected chi connectivity index (χ2v) is 8.68. The predicted molar refractivity (Wildman–Crippen MR) is 117 cm³/mol. The number of aryl methyl sites for hydroxylation is 1. The minimum atomic E-state index is -4.62. The Hall–Kier alpha value is -3.46. The van der Waals surface area contributed by atoms with Crippen LogP contribution < -0.4 is 0 Å². The third kappa shape index (κ3) is 3.34. The van der Waals surface area contributed by atoms with E-state index in [1.165, 1.54) is 11.8 Å². The monoisotopic (exact) mass is 486 g/mol. The van der Waals surface area contributed by atoms with Gasteiger partial charge in [0.25, 0.3) is 11.8 Å². The summed E-state index contributed by atoms with van der Waals surface area (Å²) in [5.74, 6) is -0.773. The van der Waals surface area contributed by atoms with Gasteiger partial charge in [0.05, 0.1) is 22.5 Å². The molecule has 4 heterocycles. The molecule has 6 nitrogen and oxygen atoms in total. The van der Waals surface area contributed by atoms with E-state index in [0.29, 0.717) is 21.8 Å². The Kier molecular flexibility index (Phi) is 5.12.